The molecule has 1 unspecified atom stereocenters. The number of piperidine rings is 1. The monoisotopic (exact) mass is 460 g/mol. The van der Waals surface area contributed by atoms with Crippen LogP contribution in [0.5, 0.6) is 0 Å². The van der Waals surface area contributed by atoms with E-state index in [1.807, 2.05) is 24.3 Å². The Hall–Kier alpha value is -1.51. The number of carbonyl (C=O) groups excluding carboxylic acids is 1. The van der Waals surface area contributed by atoms with Crippen LogP contribution in [0.15, 0.2) is 29.3 Å². The fourth-order valence-electron chi connectivity index (χ4n) is 2.84. The number of aliphatic imine (C=N–C) groups is 1. The Bertz CT molecular complexity index is 563. The van der Waals surface area contributed by atoms with Crippen LogP contribution in [0.4, 0.5) is 10.5 Å². The highest BCUT2D eigenvalue weighted by Gasteiger charge is 2.18. The van der Waals surface area contributed by atoms with Gasteiger partial charge in [-0.15, -0.1) is 24.0 Å². The SMILES string of the molecule is CCNC(=NCc1ccc(NC(=O)OC)cc1)N1CCCC(C)C1.I. The van der Waals surface area contributed by atoms with E-state index in [4.69, 9.17) is 4.99 Å². The summed E-state index contributed by atoms with van der Waals surface area (Å²) in [6.07, 6.45) is 2.05. The molecule has 0 spiro atoms. The van der Waals surface area contributed by atoms with Crippen LogP contribution in [0.25, 0.3) is 0 Å². The van der Waals surface area contributed by atoms with Crippen LogP contribution in [-0.4, -0.2) is 43.7 Å². The number of rotatable bonds is 4. The molecule has 2 N–H and O–H groups in total. The lowest BCUT2D eigenvalue weighted by Crippen LogP contribution is -2.46. The highest BCUT2D eigenvalue weighted by molar-refractivity contribution is 14.0. The third-order valence-electron chi connectivity index (χ3n) is 4.09. The Morgan fingerprint density at radius 2 is 2.08 bits per heavy atom. The molecule has 1 aliphatic rings. The van der Waals surface area contributed by atoms with Gasteiger partial charge in [0.05, 0.1) is 13.7 Å². The maximum atomic E-state index is 11.2. The molecule has 7 heteroatoms. The van der Waals surface area contributed by atoms with Gasteiger partial charge in [0, 0.05) is 25.3 Å². The molecule has 1 heterocycles. The molecule has 6 nitrogen and oxygen atoms in total. The number of hydrogen-bond donors (Lipinski definition) is 2. The molecule has 0 bridgehead atoms. The first-order valence-electron chi connectivity index (χ1n) is 8.59. The van der Waals surface area contributed by atoms with Crippen molar-refractivity contribution in [2.24, 2.45) is 10.9 Å². The van der Waals surface area contributed by atoms with E-state index >= 15 is 0 Å². The van der Waals surface area contributed by atoms with Crippen LogP contribution >= 0.6 is 24.0 Å². The minimum absolute atomic E-state index is 0. The Balaban J connectivity index is 0.00000312. The van der Waals surface area contributed by atoms with Gasteiger partial charge in [0.15, 0.2) is 5.96 Å². The number of nitrogens with zero attached hydrogens (tertiary/aromatic N) is 2. The molecule has 140 valence electrons. The number of guanidine groups is 1. The number of carbonyl (C=O) groups is 1. The lowest BCUT2D eigenvalue weighted by Gasteiger charge is -2.33. The van der Waals surface area contributed by atoms with Crippen molar-refractivity contribution >= 4 is 41.7 Å². The minimum Gasteiger partial charge on any atom is -0.453 e. The predicted octanol–water partition coefficient (Wildman–Crippen LogP) is 3.68. The van der Waals surface area contributed by atoms with E-state index in [2.05, 4.69) is 34.1 Å². The van der Waals surface area contributed by atoms with Crippen molar-refractivity contribution in [1.29, 1.82) is 0 Å². The molecule has 1 aliphatic heterocycles. The van der Waals surface area contributed by atoms with Crippen molar-refractivity contribution in [3.05, 3.63) is 29.8 Å². The van der Waals surface area contributed by atoms with E-state index in [0.717, 1.165) is 31.2 Å². The van der Waals surface area contributed by atoms with Crippen molar-refractivity contribution in [2.75, 3.05) is 32.1 Å². The summed E-state index contributed by atoms with van der Waals surface area (Å²) in [6, 6.07) is 7.66. The number of ether oxygens (including phenoxy) is 1. The second kappa shape index (κ2) is 11.2. The van der Waals surface area contributed by atoms with E-state index in [9.17, 15) is 4.79 Å². The number of methoxy groups -OCH3 is 1. The molecule has 0 aromatic heterocycles. The normalized spacial score (nSPS) is 17.5. The average Bonchev–Trinajstić information content (AvgIpc) is 2.59. The summed E-state index contributed by atoms with van der Waals surface area (Å²) >= 11 is 0. The lowest BCUT2D eigenvalue weighted by molar-refractivity contribution is 0.187. The first-order chi connectivity index (χ1) is 11.6. The standard InChI is InChI=1S/C18H28N4O2.HI/c1-4-19-17(22-11-5-6-14(2)13-22)20-12-15-7-9-16(10-8-15)21-18(23)24-3;/h7-10,14H,4-6,11-13H2,1-3H3,(H,19,20)(H,21,23);1H. The highest BCUT2D eigenvalue weighted by atomic mass is 127. The number of anilines is 1. The summed E-state index contributed by atoms with van der Waals surface area (Å²) in [7, 11) is 1.35. The second-order valence-electron chi connectivity index (χ2n) is 6.18. The number of halogens is 1. The van der Waals surface area contributed by atoms with Gasteiger partial charge in [-0.1, -0.05) is 19.1 Å². The van der Waals surface area contributed by atoms with Crippen LogP contribution in [-0.2, 0) is 11.3 Å². The van der Waals surface area contributed by atoms with Gasteiger partial charge in [0.1, 0.15) is 0 Å². The summed E-state index contributed by atoms with van der Waals surface area (Å²) in [5, 5.41) is 6.03. The largest absolute Gasteiger partial charge is 0.453 e. The van der Waals surface area contributed by atoms with Gasteiger partial charge in [0.25, 0.3) is 0 Å². The van der Waals surface area contributed by atoms with Crippen molar-refractivity contribution in [2.45, 2.75) is 33.2 Å². The fraction of sp³-hybridized carbons (Fsp3) is 0.556. The van der Waals surface area contributed by atoms with E-state index in [1.54, 1.807) is 0 Å². The molecule has 1 saturated heterocycles. The number of benzene rings is 1. The number of likely N-dealkylation sites (tertiary alicyclic amines) is 1. The molecule has 2 rings (SSSR count). The van der Waals surface area contributed by atoms with Gasteiger partial charge in [-0.05, 0) is 43.4 Å². The lowest BCUT2D eigenvalue weighted by atomic mass is 10.0. The smallest absolute Gasteiger partial charge is 0.411 e. The maximum Gasteiger partial charge on any atom is 0.411 e. The average molecular weight is 460 g/mol. The molecule has 0 radical (unpaired) electrons. The third kappa shape index (κ3) is 7.09. The Kier molecular flexibility index (Phi) is 9.62. The van der Waals surface area contributed by atoms with E-state index in [0.29, 0.717) is 18.2 Å². The number of hydrogen-bond acceptors (Lipinski definition) is 3. The topological polar surface area (TPSA) is 66.0 Å². The molecular formula is C18H29IN4O2. The zero-order valence-electron chi connectivity index (χ0n) is 15.2. The molecular weight excluding hydrogens is 431 g/mol. The van der Waals surface area contributed by atoms with Crippen LogP contribution in [0.1, 0.15) is 32.3 Å². The van der Waals surface area contributed by atoms with Crippen LogP contribution in [0, 0.1) is 5.92 Å². The highest BCUT2D eigenvalue weighted by Crippen LogP contribution is 2.16. The summed E-state index contributed by atoms with van der Waals surface area (Å²) in [5.74, 6) is 1.70. The van der Waals surface area contributed by atoms with Crippen LogP contribution in [0.2, 0.25) is 0 Å². The zero-order chi connectivity index (χ0) is 17.4. The van der Waals surface area contributed by atoms with Gasteiger partial charge in [-0.25, -0.2) is 9.79 Å². The minimum atomic E-state index is -0.463. The van der Waals surface area contributed by atoms with Gasteiger partial charge in [0.2, 0.25) is 0 Å². The molecule has 1 fully saturated rings. The van der Waals surface area contributed by atoms with Crippen molar-refractivity contribution < 1.29 is 9.53 Å². The maximum absolute atomic E-state index is 11.2. The molecule has 25 heavy (non-hydrogen) atoms. The first-order valence-corrected chi connectivity index (χ1v) is 8.59. The van der Waals surface area contributed by atoms with E-state index in [-0.39, 0.29) is 24.0 Å². The first kappa shape index (κ1) is 21.5. The van der Waals surface area contributed by atoms with Crippen molar-refractivity contribution in [3.63, 3.8) is 0 Å². The van der Waals surface area contributed by atoms with Gasteiger partial charge in [-0.3, -0.25) is 5.32 Å². The molecule has 0 saturated carbocycles. The third-order valence-corrected chi connectivity index (χ3v) is 4.09. The van der Waals surface area contributed by atoms with E-state index < -0.39 is 6.09 Å². The Morgan fingerprint density at radius 1 is 1.36 bits per heavy atom. The number of nitrogens with one attached hydrogen (secondary N) is 2. The second-order valence-corrected chi connectivity index (χ2v) is 6.18. The molecule has 1 amide bonds. The van der Waals surface area contributed by atoms with Crippen molar-refractivity contribution in [1.82, 2.24) is 10.2 Å². The predicted molar refractivity (Wildman–Crippen MR) is 113 cm³/mol. The zero-order valence-corrected chi connectivity index (χ0v) is 17.6. The van der Waals surface area contributed by atoms with Gasteiger partial charge < -0.3 is 15.0 Å². The summed E-state index contributed by atoms with van der Waals surface area (Å²) < 4.78 is 4.58. The van der Waals surface area contributed by atoms with Crippen LogP contribution < -0.4 is 10.6 Å². The summed E-state index contributed by atoms with van der Waals surface area (Å²) in [6.45, 7) is 8.00. The molecule has 1 aromatic carbocycles. The quantitative estimate of drug-likeness (QED) is 0.409. The van der Waals surface area contributed by atoms with Gasteiger partial charge in [-0.2, -0.15) is 0 Å². The molecule has 1 aromatic rings. The summed E-state index contributed by atoms with van der Waals surface area (Å²) in [4.78, 5) is 18.3. The number of amides is 1. The van der Waals surface area contributed by atoms with Crippen LogP contribution in [0.3, 0.4) is 0 Å². The molecule has 1 atom stereocenters. The fourth-order valence-corrected chi connectivity index (χ4v) is 2.84. The Morgan fingerprint density at radius 3 is 2.68 bits per heavy atom. The van der Waals surface area contributed by atoms with Crippen molar-refractivity contribution in [3.8, 4) is 0 Å². The molecule has 0 aliphatic carbocycles. The van der Waals surface area contributed by atoms with E-state index in [1.165, 1.54) is 20.0 Å². The Labute approximate surface area is 167 Å². The summed E-state index contributed by atoms with van der Waals surface area (Å²) in [5.41, 5.74) is 1.82. The van der Waals surface area contributed by atoms with Gasteiger partial charge >= 0.3 is 6.09 Å².